The van der Waals surface area contributed by atoms with Crippen LogP contribution in [-0.4, -0.2) is 10.2 Å². The first-order chi connectivity index (χ1) is 5.84. The summed E-state index contributed by atoms with van der Waals surface area (Å²) < 4.78 is 0. The zero-order valence-electron chi connectivity index (χ0n) is 6.98. The summed E-state index contributed by atoms with van der Waals surface area (Å²) in [5.74, 6) is 0. The maximum Gasteiger partial charge on any atom is 0.0543 e. The Morgan fingerprint density at radius 3 is 3.00 bits per heavy atom. The molecule has 3 heteroatoms. The van der Waals surface area contributed by atoms with Crippen molar-refractivity contribution in [2.24, 2.45) is 5.73 Å². The molecule has 1 heterocycles. The Hall–Kier alpha value is -1.22. The molecule has 2 N–H and O–H groups in total. The molecule has 1 aromatic heterocycles. The van der Waals surface area contributed by atoms with Crippen molar-refractivity contribution >= 4 is 0 Å². The predicted octanol–water partition coefficient (Wildman–Crippen LogP) is 1.44. The van der Waals surface area contributed by atoms with E-state index in [0.29, 0.717) is 0 Å². The summed E-state index contributed by atoms with van der Waals surface area (Å²) in [5, 5.41) is 7.44. The second kappa shape index (κ2) is 4.62. The lowest BCUT2D eigenvalue weighted by atomic mass is 10.1. The molecule has 0 radical (unpaired) electrons. The number of nitrogens with zero attached hydrogens (tertiary/aromatic N) is 2. The van der Waals surface area contributed by atoms with E-state index < -0.39 is 0 Å². The monoisotopic (exact) mass is 163 g/mol. The third kappa shape index (κ3) is 2.43. The number of hydrogen-bond acceptors (Lipinski definition) is 3. The molecule has 1 atom stereocenters. The molecule has 0 aromatic carbocycles. The highest BCUT2D eigenvalue weighted by Crippen LogP contribution is 2.13. The largest absolute Gasteiger partial charge is 0.324 e. The topological polar surface area (TPSA) is 51.8 Å². The van der Waals surface area contributed by atoms with E-state index in [-0.39, 0.29) is 6.04 Å². The molecule has 1 unspecified atom stereocenters. The summed E-state index contributed by atoms with van der Waals surface area (Å²) >= 11 is 0. The second-order valence-electron chi connectivity index (χ2n) is 2.65. The van der Waals surface area contributed by atoms with Crippen LogP contribution in [0.2, 0.25) is 0 Å². The Kier molecular flexibility index (Phi) is 3.41. The molecule has 1 rings (SSSR count). The van der Waals surface area contributed by atoms with Crippen molar-refractivity contribution < 1.29 is 0 Å². The average Bonchev–Trinajstić information content (AvgIpc) is 2.15. The van der Waals surface area contributed by atoms with Crippen LogP contribution in [-0.2, 0) is 0 Å². The quantitative estimate of drug-likeness (QED) is 0.683. The van der Waals surface area contributed by atoms with E-state index >= 15 is 0 Å². The summed E-state index contributed by atoms with van der Waals surface area (Å²) in [6.45, 7) is 3.64. The van der Waals surface area contributed by atoms with E-state index in [4.69, 9.17) is 5.73 Å². The average molecular weight is 163 g/mol. The van der Waals surface area contributed by atoms with Crippen molar-refractivity contribution in [3.8, 4) is 0 Å². The lowest BCUT2D eigenvalue weighted by Crippen LogP contribution is -2.10. The molecule has 0 aliphatic heterocycles. The van der Waals surface area contributed by atoms with Crippen LogP contribution >= 0.6 is 0 Å². The molecule has 0 aliphatic rings. The molecule has 0 saturated heterocycles. The predicted molar refractivity (Wildman–Crippen MR) is 48.4 cm³/mol. The zero-order valence-corrected chi connectivity index (χ0v) is 6.98. The summed E-state index contributed by atoms with van der Waals surface area (Å²) in [5.41, 5.74) is 6.90. The van der Waals surface area contributed by atoms with Crippen molar-refractivity contribution in [1.29, 1.82) is 0 Å². The number of nitrogens with two attached hydrogens (primary N) is 1. The molecule has 0 aliphatic carbocycles. The summed E-state index contributed by atoms with van der Waals surface area (Å²) in [7, 11) is 0. The van der Waals surface area contributed by atoms with Gasteiger partial charge in [0.2, 0.25) is 0 Å². The fourth-order valence-electron chi connectivity index (χ4n) is 0.984. The van der Waals surface area contributed by atoms with Crippen molar-refractivity contribution in [2.75, 3.05) is 0 Å². The van der Waals surface area contributed by atoms with Crippen LogP contribution in [0.4, 0.5) is 0 Å². The molecule has 1 aromatic rings. The van der Waals surface area contributed by atoms with Crippen LogP contribution in [0.15, 0.2) is 31.1 Å². The van der Waals surface area contributed by atoms with Crippen LogP contribution in [0, 0.1) is 0 Å². The van der Waals surface area contributed by atoms with Crippen molar-refractivity contribution in [1.82, 2.24) is 10.2 Å². The van der Waals surface area contributed by atoms with Gasteiger partial charge in [-0.1, -0.05) is 6.08 Å². The van der Waals surface area contributed by atoms with Crippen LogP contribution in [0.25, 0.3) is 0 Å². The maximum absolute atomic E-state index is 5.87. The Morgan fingerprint density at radius 2 is 2.42 bits per heavy atom. The molecular weight excluding hydrogens is 150 g/mol. The highest BCUT2D eigenvalue weighted by atomic mass is 15.1. The summed E-state index contributed by atoms with van der Waals surface area (Å²) in [6.07, 6.45) is 7.07. The van der Waals surface area contributed by atoms with Gasteiger partial charge in [-0.15, -0.1) is 6.58 Å². The minimum Gasteiger partial charge on any atom is -0.324 e. The zero-order chi connectivity index (χ0) is 8.81. The van der Waals surface area contributed by atoms with E-state index in [0.717, 1.165) is 18.4 Å². The van der Waals surface area contributed by atoms with Gasteiger partial charge in [0.05, 0.1) is 6.20 Å². The van der Waals surface area contributed by atoms with Crippen molar-refractivity contribution in [3.63, 3.8) is 0 Å². The molecule has 64 valence electrons. The minimum atomic E-state index is 0.0542. The van der Waals surface area contributed by atoms with E-state index in [1.54, 1.807) is 12.4 Å². The van der Waals surface area contributed by atoms with E-state index in [1.165, 1.54) is 0 Å². The van der Waals surface area contributed by atoms with Crippen LogP contribution < -0.4 is 5.73 Å². The third-order valence-electron chi connectivity index (χ3n) is 1.72. The van der Waals surface area contributed by atoms with Crippen LogP contribution in [0.1, 0.15) is 24.4 Å². The molecule has 12 heavy (non-hydrogen) atoms. The maximum atomic E-state index is 5.87. The Labute approximate surface area is 72.3 Å². The minimum absolute atomic E-state index is 0.0542. The fourth-order valence-corrected chi connectivity index (χ4v) is 0.984. The van der Waals surface area contributed by atoms with Gasteiger partial charge in [0.25, 0.3) is 0 Å². The highest BCUT2D eigenvalue weighted by molar-refractivity contribution is 5.10. The molecule has 0 fully saturated rings. The molecular formula is C9H13N3. The van der Waals surface area contributed by atoms with Gasteiger partial charge >= 0.3 is 0 Å². The van der Waals surface area contributed by atoms with Crippen LogP contribution in [0.3, 0.4) is 0 Å². The summed E-state index contributed by atoms with van der Waals surface area (Å²) in [6, 6.07) is 1.94. The molecule has 0 saturated carbocycles. The van der Waals surface area contributed by atoms with Gasteiger partial charge in [0.15, 0.2) is 0 Å². The standard InChI is InChI=1S/C9H13N3/c1-2-3-4-9(10)8-5-6-11-12-7-8/h2,5-7,9H,1,3-4,10H2. The Bertz CT molecular complexity index is 233. The van der Waals surface area contributed by atoms with E-state index in [2.05, 4.69) is 16.8 Å². The van der Waals surface area contributed by atoms with Gasteiger partial charge in [-0.2, -0.15) is 10.2 Å². The van der Waals surface area contributed by atoms with Crippen molar-refractivity contribution in [3.05, 3.63) is 36.7 Å². The third-order valence-corrected chi connectivity index (χ3v) is 1.72. The van der Waals surface area contributed by atoms with Gasteiger partial charge in [-0.25, -0.2) is 0 Å². The molecule has 3 nitrogen and oxygen atoms in total. The SMILES string of the molecule is C=CCCC(N)c1ccnnc1. The Balaban J connectivity index is 2.53. The lowest BCUT2D eigenvalue weighted by molar-refractivity contribution is 0.655. The van der Waals surface area contributed by atoms with Crippen molar-refractivity contribution in [2.45, 2.75) is 18.9 Å². The van der Waals surface area contributed by atoms with Gasteiger partial charge in [0.1, 0.15) is 0 Å². The molecule has 0 bridgehead atoms. The van der Waals surface area contributed by atoms with E-state index in [1.807, 2.05) is 12.1 Å². The Morgan fingerprint density at radius 1 is 1.58 bits per heavy atom. The smallest absolute Gasteiger partial charge is 0.0543 e. The van der Waals surface area contributed by atoms with Gasteiger partial charge in [-0.05, 0) is 24.5 Å². The number of allylic oxidation sites excluding steroid dienone is 1. The first-order valence-electron chi connectivity index (χ1n) is 3.97. The normalized spacial score (nSPS) is 12.4. The van der Waals surface area contributed by atoms with Gasteiger partial charge in [0, 0.05) is 12.2 Å². The van der Waals surface area contributed by atoms with Gasteiger partial charge < -0.3 is 5.73 Å². The lowest BCUT2D eigenvalue weighted by Gasteiger charge is -2.08. The molecule has 0 amide bonds. The summed E-state index contributed by atoms with van der Waals surface area (Å²) in [4.78, 5) is 0. The van der Waals surface area contributed by atoms with Gasteiger partial charge in [-0.3, -0.25) is 0 Å². The van der Waals surface area contributed by atoms with E-state index in [9.17, 15) is 0 Å². The first-order valence-corrected chi connectivity index (χ1v) is 3.97. The molecule has 0 spiro atoms. The number of hydrogen-bond donors (Lipinski definition) is 1. The van der Waals surface area contributed by atoms with Crippen LogP contribution in [0.5, 0.6) is 0 Å². The highest BCUT2D eigenvalue weighted by Gasteiger charge is 2.03. The number of aromatic nitrogens is 2. The second-order valence-corrected chi connectivity index (χ2v) is 2.65. The fraction of sp³-hybridized carbons (Fsp3) is 0.333. The number of rotatable bonds is 4. The first kappa shape index (κ1) is 8.87.